The van der Waals surface area contributed by atoms with Gasteiger partial charge in [0, 0.05) is 35.9 Å². The van der Waals surface area contributed by atoms with Crippen molar-refractivity contribution < 1.29 is 9.59 Å². The van der Waals surface area contributed by atoms with E-state index in [1.165, 1.54) is 12.0 Å². The number of pyridine rings is 1. The van der Waals surface area contributed by atoms with Gasteiger partial charge in [0.2, 0.25) is 0 Å². The van der Waals surface area contributed by atoms with Gasteiger partial charge in [-0.3, -0.25) is 4.98 Å². The first-order valence-electron chi connectivity index (χ1n) is 10.7. The summed E-state index contributed by atoms with van der Waals surface area (Å²) < 4.78 is 0.953. The fourth-order valence-corrected chi connectivity index (χ4v) is 5.91. The molecule has 2 aromatic carbocycles. The van der Waals surface area contributed by atoms with Gasteiger partial charge < -0.3 is 9.59 Å². The summed E-state index contributed by atoms with van der Waals surface area (Å²) in [6.07, 6.45) is 5.79. The molecule has 0 amide bonds. The maximum atomic E-state index is 11.7. The second-order valence-electron chi connectivity index (χ2n) is 8.88. The lowest BCUT2D eigenvalue weighted by Gasteiger charge is -2.58. The normalized spacial score (nSPS) is 29.6. The summed E-state index contributed by atoms with van der Waals surface area (Å²) in [5.41, 5.74) is 3.33. The summed E-state index contributed by atoms with van der Waals surface area (Å²) in [5.74, 6) is 1.18. The molecule has 3 saturated heterocycles. The number of piperidine rings is 3. The van der Waals surface area contributed by atoms with Crippen LogP contribution >= 0.6 is 0 Å². The standard InChI is InChI=1S/C26H29N2O/c1-2-20-18-28(17-19-8-4-3-5-9-19)15-13-21(20)16-25(28)26(29)23-12-14-27-24-11-7-6-10-22(23)24/h2-12,14,20-21,25-26,29H,1,13,15-18H2/q+1/t20-,21-,25+,26+,28?/m0/s1. The largest absolute Gasteiger partial charge is 0.382 e. The Balaban J connectivity index is 1.56. The van der Waals surface area contributed by atoms with Crippen molar-refractivity contribution in [2.75, 3.05) is 13.1 Å². The zero-order valence-corrected chi connectivity index (χ0v) is 16.8. The lowest BCUT2D eigenvalue weighted by molar-refractivity contribution is -0.984. The van der Waals surface area contributed by atoms with Crippen molar-refractivity contribution in [1.82, 2.24) is 4.98 Å². The molecule has 1 unspecified atom stereocenters. The summed E-state index contributed by atoms with van der Waals surface area (Å²) in [6.45, 7) is 7.32. The summed E-state index contributed by atoms with van der Waals surface area (Å²) in [4.78, 5) is 4.50. The van der Waals surface area contributed by atoms with Crippen molar-refractivity contribution in [3.05, 3.63) is 90.6 Å². The Labute approximate surface area is 172 Å². The van der Waals surface area contributed by atoms with E-state index in [-0.39, 0.29) is 6.04 Å². The van der Waals surface area contributed by atoms with Crippen LogP contribution in [0.5, 0.6) is 0 Å². The minimum Gasteiger partial charge on any atom is -0.382 e. The Morgan fingerprint density at radius 1 is 1.10 bits per heavy atom. The molecule has 3 aromatic rings. The highest BCUT2D eigenvalue weighted by atomic mass is 16.3. The van der Waals surface area contributed by atoms with Crippen molar-refractivity contribution in [3.63, 3.8) is 0 Å². The Morgan fingerprint density at radius 2 is 1.90 bits per heavy atom. The van der Waals surface area contributed by atoms with Crippen LogP contribution in [-0.2, 0) is 6.54 Å². The van der Waals surface area contributed by atoms with E-state index in [1.807, 2.05) is 30.5 Å². The molecule has 4 heterocycles. The van der Waals surface area contributed by atoms with Gasteiger partial charge in [0.25, 0.3) is 0 Å². The van der Waals surface area contributed by atoms with Gasteiger partial charge in [-0.2, -0.15) is 0 Å². The summed E-state index contributed by atoms with van der Waals surface area (Å²) in [5, 5.41) is 12.8. The number of aliphatic hydroxyl groups excluding tert-OH is 1. The van der Waals surface area contributed by atoms with Crippen LogP contribution in [0.4, 0.5) is 0 Å². The first-order chi connectivity index (χ1) is 14.2. The Bertz CT molecular complexity index is 1010. The zero-order chi connectivity index (χ0) is 19.8. The van der Waals surface area contributed by atoms with Gasteiger partial charge in [0.1, 0.15) is 18.7 Å². The molecule has 6 rings (SSSR count). The van der Waals surface area contributed by atoms with Gasteiger partial charge in [-0.25, -0.2) is 0 Å². The van der Waals surface area contributed by atoms with Gasteiger partial charge in [-0.15, -0.1) is 6.58 Å². The van der Waals surface area contributed by atoms with Crippen LogP contribution in [0, 0.1) is 11.8 Å². The lowest BCUT2D eigenvalue weighted by atomic mass is 9.71. The van der Waals surface area contributed by atoms with Gasteiger partial charge >= 0.3 is 0 Å². The van der Waals surface area contributed by atoms with Gasteiger partial charge in [0.15, 0.2) is 0 Å². The maximum Gasteiger partial charge on any atom is 0.131 e. The van der Waals surface area contributed by atoms with Crippen molar-refractivity contribution in [2.45, 2.75) is 31.5 Å². The van der Waals surface area contributed by atoms with E-state index < -0.39 is 6.10 Å². The molecule has 1 aromatic heterocycles. The number of quaternary nitrogens is 1. The molecule has 148 valence electrons. The van der Waals surface area contributed by atoms with Crippen LogP contribution in [0.3, 0.4) is 0 Å². The minimum atomic E-state index is -0.486. The fraction of sp³-hybridized carbons (Fsp3) is 0.346. The minimum absolute atomic E-state index is 0.205. The maximum absolute atomic E-state index is 11.7. The number of hydrogen-bond acceptors (Lipinski definition) is 2. The summed E-state index contributed by atoms with van der Waals surface area (Å²) in [6, 6.07) is 21.2. The number of rotatable bonds is 5. The molecule has 3 nitrogen and oxygen atoms in total. The number of aromatic nitrogens is 1. The number of nitrogens with zero attached hydrogens (tertiary/aromatic N) is 2. The van der Waals surface area contributed by atoms with E-state index in [2.05, 4.69) is 54.0 Å². The first-order valence-corrected chi connectivity index (χ1v) is 10.7. The summed E-state index contributed by atoms with van der Waals surface area (Å²) in [7, 11) is 0. The molecule has 1 N–H and O–H groups in total. The molecular weight excluding hydrogens is 356 g/mol. The second-order valence-corrected chi connectivity index (χ2v) is 8.88. The Morgan fingerprint density at radius 3 is 2.72 bits per heavy atom. The van der Waals surface area contributed by atoms with E-state index >= 15 is 0 Å². The first kappa shape index (κ1) is 18.5. The third kappa shape index (κ3) is 3.19. The van der Waals surface area contributed by atoms with E-state index in [4.69, 9.17) is 0 Å². The highest BCUT2D eigenvalue weighted by Crippen LogP contribution is 2.47. The smallest absolute Gasteiger partial charge is 0.131 e. The van der Waals surface area contributed by atoms with Crippen LogP contribution < -0.4 is 0 Å². The topological polar surface area (TPSA) is 33.1 Å². The molecule has 3 heteroatoms. The molecule has 3 aliphatic rings. The molecular formula is C26H29N2O+. The van der Waals surface area contributed by atoms with E-state index in [0.29, 0.717) is 11.8 Å². The van der Waals surface area contributed by atoms with E-state index in [0.717, 1.165) is 47.0 Å². The third-order valence-corrected chi connectivity index (χ3v) is 7.38. The van der Waals surface area contributed by atoms with Crippen molar-refractivity contribution in [2.24, 2.45) is 11.8 Å². The van der Waals surface area contributed by atoms with Gasteiger partial charge in [-0.1, -0.05) is 54.6 Å². The molecule has 0 aliphatic carbocycles. The molecule has 0 saturated carbocycles. The highest BCUT2D eigenvalue weighted by molar-refractivity contribution is 5.82. The number of hydrogen-bond donors (Lipinski definition) is 1. The van der Waals surface area contributed by atoms with Crippen LogP contribution in [0.2, 0.25) is 0 Å². The van der Waals surface area contributed by atoms with Gasteiger partial charge in [-0.05, 0) is 23.6 Å². The second kappa shape index (κ2) is 7.40. The lowest BCUT2D eigenvalue weighted by Crippen LogP contribution is -2.67. The number of aliphatic hydroxyl groups is 1. The van der Waals surface area contributed by atoms with Crippen LogP contribution in [-0.4, -0.2) is 33.7 Å². The van der Waals surface area contributed by atoms with E-state index in [1.54, 1.807) is 0 Å². The van der Waals surface area contributed by atoms with Crippen LogP contribution in [0.1, 0.15) is 30.1 Å². The van der Waals surface area contributed by atoms with Crippen molar-refractivity contribution in [1.29, 1.82) is 0 Å². The predicted octanol–water partition coefficient (Wildman–Crippen LogP) is 4.88. The monoisotopic (exact) mass is 385 g/mol. The molecule has 0 radical (unpaired) electrons. The zero-order valence-electron chi connectivity index (χ0n) is 16.8. The van der Waals surface area contributed by atoms with Crippen LogP contribution in [0.25, 0.3) is 10.9 Å². The molecule has 5 atom stereocenters. The average molecular weight is 386 g/mol. The Kier molecular flexibility index (Phi) is 4.73. The average Bonchev–Trinajstić information content (AvgIpc) is 2.78. The third-order valence-electron chi connectivity index (χ3n) is 7.38. The Hall–Kier alpha value is -2.49. The number of para-hydroxylation sites is 1. The highest BCUT2D eigenvalue weighted by Gasteiger charge is 2.53. The molecule has 2 bridgehead atoms. The molecule has 3 fully saturated rings. The quantitative estimate of drug-likeness (QED) is 0.502. The summed E-state index contributed by atoms with van der Waals surface area (Å²) >= 11 is 0. The number of fused-ring (bicyclic) bond motifs is 4. The molecule has 3 aliphatic heterocycles. The van der Waals surface area contributed by atoms with E-state index in [9.17, 15) is 5.11 Å². The SMILES string of the molecule is C=C[C@H]1C[N+]2(Cc3ccccc3)CC[C@H]1C[C@@H]2[C@H](O)c1ccnc2ccccc12. The fourth-order valence-electron chi connectivity index (χ4n) is 5.91. The number of benzene rings is 2. The van der Waals surface area contributed by atoms with Gasteiger partial charge in [0.05, 0.1) is 18.6 Å². The predicted molar refractivity (Wildman–Crippen MR) is 117 cm³/mol. The van der Waals surface area contributed by atoms with Crippen molar-refractivity contribution in [3.8, 4) is 0 Å². The molecule has 0 spiro atoms. The van der Waals surface area contributed by atoms with Crippen LogP contribution in [0.15, 0.2) is 79.5 Å². The molecule has 29 heavy (non-hydrogen) atoms. The van der Waals surface area contributed by atoms with Crippen molar-refractivity contribution >= 4 is 10.9 Å².